The van der Waals surface area contributed by atoms with E-state index in [2.05, 4.69) is 25.8 Å². The van der Waals surface area contributed by atoms with Crippen molar-refractivity contribution < 1.29 is 4.79 Å². The first kappa shape index (κ1) is 18.1. The number of pyridine rings is 1. The van der Waals surface area contributed by atoms with Crippen molar-refractivity contribution in [3.8, 4) is 16.9 Å². The fourth-order valence-electron chi connectivity index (χ4n) is 2.63. The smallest absolute Gasteiger partial charge is 0.257 e. The summed E-state index contributed by atoms with van der Waals surface area (Å²) in [6, 6.07) is 15.7. The van der Waals surface area contributed by atoms with Gasteiger partial charge in [0.2, 0.25) is 0 Å². The number of carbonyl (C=O) groups is 1. The molecule has 0 atom stereocenters. The molecule has 0 bridgehead atoms. The molecule has 7 nitrogen and oxygen atoms in total. The van der Waals surface area contributed by atoms with E-state index in [1.807, 2.05) is 18.2 Å². The first-order valence-electron chi connectivity index (χ1n) is 8.17. The van der Waals surface area contributed by atoms with E-state index in [9.17, 15) is 4.79 Å². The molecule has 4 rings (SSSR count). The molecule has 0 unspecified atom stereocenters. The molecule has 28 heavy (non-hydrogen) atoms. The van der Waals surface area contributed by atoms with Crippen LogP contribution in [0.2, 0.25) is 10.0 Å². The molecule has 2 heterocycles. The second-order valence-electron chi connectivity index (χ2n) is 5.78. The summed E-state index contributed by atoms with van der Waals surface area (Å²) >= 11 is 12.6. The van der Waals surface area contributed by atoms with Crippen LogP contribution < -0.4 is 5.32 Å². The number of rotatable bonds is 4. The van der Waals surface area contributed by atoms with Crippen molar-refractivity contribution in [1.29, 1.82) is 0 Å². The van der Waals surface area contributed by atoms with Crippen molar-refractivity contribution in [2.75, 3.05) is 5.32 Å². The second-order valence-corrected chi connectivity index (χ2v) is 6.60. The number of hydrogen-bond donors (Lipinski definition) is 1. The van der Waals surface area contributed by atoms with Crippen LogP contribution in [0.5, 0.6) is 0 Å². The van der Waals surface area contributed by atoms with Crippen molar-refractivity contribution in [3.05, 3.63) is 82.7 Å². The minimum absolute atomic E-state index is 0.282. The Bertz CT molecular complexity index is 1130. The zero-order valence-corrected chi connectivity index (χ0v) is 15.8. The van der Waals surface area contributed by atoms with Gasteiger partial charge in [-0.05, 0) is 59.0 Å². The topological polar surface area (TPSA) is 85.6 Å². The van der Waals surface area contributed by atoms with Gasteiger partial charge in [0.05, 0.1) is 27.0 Å². The second kappa shape index (κ2) is 7.75. The van der Waals surface area contributed by atoms with E-state index in [4.69, 9.17) is 23.2 Å². The monoisotopic (exact) mass is 410 g/mol. The number of aromatic nitrogens is 5. The molecule has 0 aliphatic heterocycles. The number of hydrogen-bond acceptors (Lipinski definition) is 5. The molecule has 1 amide bonds. The Morgan fingerprint density at radius 3 is 2.61 bits per heavy atom. The zero-order valence-electron chi connectivity index (χ0n) is 14.3. The van der Waals surface area contributed by atoms with Gasteiger partial charge in [-0.2, -0.15) is 0 Å². The SMILES string of the molecule is O=C(Nc1ccc(Cl)c(-c2ccccn2)c1)c1ccc(-n2cnnn2)cc1Cl. The highest BCUT2D eigenvalue weighted by Crippen LogP contribution is 2.30. The summed E-state index contributed by atoms with van der Waals surface area (Å²) < 4.78 is 1.45. The Morgan fingerprint density at radius 1 is 1.00 bits per heavy atom. The molecular weight excluding hydrogens is 399 g/mol. The number of halogens is 2. The summed E-state index contributed by atoms with van der Waals surface area (Å²) in [5.74, 6) is -0.345. The third-order valence-electron chi connectivity index (χ3n) is 3.98. The van der Waals surface area contributed by atoms with Crippen LogP contribution in [0.1, 0.15) is 10.4 Å². The van der Waals surface area contributed by atoms with E-state index >= 15 is 0 Å². The molecule has 2 aromatic heterocycles. The minimum Gasteiger partial charge on any atom is -0.322 e. The highest BCUT2D eigenvalue weighted by Gasteiger charge is 2.14. The van der Waals surface area contributed by atoms with Gasteiger partial charge in [0.1, 0.15) is 6.33 Å². The molecule has 1 N–H and O–H groups in total. The molecule has 2 aromatic carbocycles. The van der Waals surface area contributed by atoms with Crippen LogP contribution in [-0.4, -0.2) is 31.1 Å². The number of benzene rings is 2. The lowest BCUT2D eigenvalue weighted by Crippen LogP contribution is -2.13. The van der Waals surface area contributed by atoms with Crippen LogP contribution in [0.25, 0.3) is 16.9 Å². The normalized spacial score (nSPS) is 10.6. The predicted molar refractivity (Wildman–Crippen MR) is 107 cm³/mol. The third-order valence-corrected chi connectivity index (χ3v) is 4.62. The fourth-order valence-corrected chi connectivity index (χ4v) is 3.11. The van der Waals surface area contributed by atoms with Gasteiger partial charge in [0.15, 0.2) is 0 Å². The predicted octanol–water partition coefficient (Wildman–Crippen LogP) is 4.28. The molecule has 0 aliphatic carbocycles. The first-order chi connectivity index (χ1) is 13.6. The molecule has 0 aliphatic rings. The maximum atomic E-state index is 12.7. The average Bonchev–Trinajstić information content (AvgIpc) is 3.25. The van der Waals surface area contributed by atoms with Gasteiger partial charge >= 0.3 is 0 Å². The Hall–Kier alpha value is -3.29. The van der Waals surface area contributed by atoms with E-state index in [0.29, 0.717) is 27.7 Å². The fraction of sp³-hybridized carbons (Fsp3) is 0. The average molecular weight is 411 g/mol. The lowest BCUT2D eigenvalue weighted by molar-refractivity contribution is 0.102. The lowest BCUT2D eigenvalue weighted by atomic mass is 10.1. The number of tetrazole rings is 1. The molecule has 0 spiro atoms. The Labute approximate surface area is 169 Å². The summed E-state index contributed by atoms with van der Waals surface area (Å²) in [7, 11) is 0. The van der Waals surface area contributed by atoms with E-state index in [1.165, 1.54) is 11.0 Å². The van der Waals surface area contributed by atoms with Gasteiger partial charge in [-0.1, -0.05) is 29.3 Å². The molecule has 4 aromatic rings. The summed E-state index contributed by atoms with van der Waals surface area (Å²) in [5.41, 5.74) is 2.99. The van der Waals surface area contributed by atoms with E-state index in [-0.39, 0.29) is 10.9 Å². The molecule has 0 radical (unpaired) electrons. The van der Waals surface area contributed by atoms with Gasteiger partial charge in [-0.15, -0.1) is 5.10 Å². The number of anilines is 1. The maximum Gasteiger partial charge on any atom is 0.257 e. The Kier molecular flexibility index (Phi) is 5.01. The molecule has 138 valence electrons. The quantitative estimate of drug-likeness (QED) is 0.542. The standard InChI is InChI=1S/C19H12Cl2N6O/c20-16-7-4-12(9-15(16)18-3-1-2-8-22-18)24-19(28)14-6-5-13(10-17(14)21)27-11-23-25-26-27/h1-11H,(H,24,28). The number of nitrogens with one attached hydrogen (secondary N) is 1. The zero-order chi connectivity index (χ0) is 19.5. The third kappa shape index (κ3) is 3.71. The van der Waals surface area contributed by atoms with Crippen LogP contribution in [-0.2, 0) is 0 Å². The highest BCUT2D eigenvalue weighted by atomic mass is 35.5. The summed E-state index contributed by atoms with van der Waals surface area (Å²) in [6.07, 6.45) is 3.13. The van der Waals surface area contributed by atoms with E-state index < -0.39 is 0 Å². The lowest BCUT2D eigenvalue weighted by Gasteiger charge is -2.10. The van der Waals surface area contributed by atoms with Crippen LogP contribution in [0, 0.1) is 0 Å². The first-order valence-corrected chi connectivity index (χ1v) is 8.92. The van der Waals surface area contributed by atoms with Gasteiger partial charge in [-0.3, -0.25) is 9.78 Å². The van der Waals surface area contributed by atoms with E-state index in [0.717, 1.165) is 5.56 Å². The molecule has 0 saturated carbocycles. The van der Waals surface area contributed by atoms with Crippen molar-refractivity contribution in [3.63, 3.8) is 0 Å². The highest BCUT2D eigenvalue weighted by molar-refractivity contribution is 6.35. The molecule has 0 fully saturated rings. The molecule has 9 heteroatoms. The van der Waals surface area contributed by atoms with Gasteiger partial charge in [0, 0.05) is 17.4 Å². The van der Waals surface area contributed by atoms with Crippen molar-refractivity contribution in [1.82, 2.24) is 25.2 Å². The van der Waals surface area contributed by atoms with Crippen LogP contribution >= 0.6 is 23.2 Å². The summed E-state index contributed by atoms with van der Waals surface area (Å²) in [4.78, 5) is 17.0. The Morgan fingerprint density at radius 2 is 1.89 bits per heavy atom. The van der Waals surface area contributed by atoms with Gasteiger partial charge < -0.3 is 5.32 Å². The van der Waals surface area contributed by atoms with Crippen LogP contribution in [0.3, 0.4) is 0 Å². The largest absolute Gasteiger partial charge is 0.322 e. The Balaban J connectivity index is 1.59. The van der Waals surface area contributed by atoms with Gasteiger partial charge in [-0.25, -0.2) is 4.68 Å². The number of amides is 1. The van der Waals surface area contributed by atoms with Crippen molar-refractivity contribution >= 4 is 34.8 Å². The maximum absolute atomic E-state index is 12.7. The summed E-state index contributed by atoms with van der Waals surface area (Å²) in [5, 5.41) is 14.6. The van der Waals surface area contributed by atoms with E-state index in [1.54, 1.807) is 42.6 Å². The minimum atomic E-state index is -0.345. The number of nitrogens with zero attached hydrogens (tertiary/aromatic N) is 5. The van der Waals surface area contributed by atoms with Crippen LogP contribution in [0.15, 0.2) is 67.1 Å². The molecule has 0 saturated heterocycles. The van der Waals surface area contributed by atoms with Crippen molar-refractivity contribution in [2.45, 2.75) is 0 Å². The van der Waals surface area contributed by atoms with Crippen molar-refractivity contribution in [2.24, 2.45) is 0 Å². The number of carbonyl (C=O) groups excluding carboxylic acids is 1. The molecular formula is C19H12Cl2N6O. The van der Waals surface area contributed by atoms with Crippen LogP contribution in [0.4, 0.5) is 5.69 Å². The van der Waals surface area contributed by atoms with Gasteiger partial charge in [0.25, 0.3) is 5.91 Å². The summed E-state index contributed by atoms with van der Waals surface area (Å²) in [6.45, 7) is 0.